The summed E-state index contributed by atoms with van der Waals surface area (Å²) in [6, 6.07) is 7.65. The topological polar surface area (TPSA) is 49.4 Å². The van der Waals surface area contributed by atoms with E-state index in [1.165, 1.54) is 46.6 Å². The predicted molar refractivity (Wildman–Crippen MR) is 138 cm³/mol. The minimum Gasteiger partial charge on any atom is -0.378 e. The Bertz CT molecular complexity index is 992. The lowest BCUT2D eigenvalue weighted by atomic mass is 10.0. The molecule has 0 bridgehead atoms. The van der Waals surface area contributed by atoms with Gasteiger partial charge in [-0.1, -0.05) is 38.6 Å². The smallest absolute Gasteiger partial charge is 0.378 e. The van der Waals surface area contributed by atoms with E-state index in [1.807, 2.05) is 4.90 Å². The Hall–Kier alpha value is -2.09. The van der Waals surface area contributed by atoms with Crippen molar-refractivity contribution in [2.75, 3.05) is 59.6 Å². The maximum absolute atomic E-state index is 13.3. The molecule has 1 aliphatic heterocycles. The van der Waals surface area contributed by atoms with E-state index in [0.717, 1.165) is 12.1 Å². The molecule has 0 aromatic heterocycles. The van der Waals surface area contributed by atoms with Gasteiger partial charge < -0.3 is 28.6 Å². The van der Waals surface area contributed by atoms with Crippen LogP contribution in [0.5, 0.6) is 0 Å². The van der Waals surface area contributed by atoms with E-state index in [-0.39, 0.29) is 31.0 Å². The van der Waals surface area contributed by atoms with Crippen LogP contribution in [0.3, 0.4) is 0 Å². The maximum Gasteiger partial charge on any atom is 0.416 e. The lowest BCUT2D eigenvalue weighted by Crippen LogP contribution is -2.36. The highest BCUT2D eigenvalue weighted by molar-refractivity contribution is 6.30. The molecule has 0 amide bonds. The number of rotatable bonds is 7. The Kier molecular flexibility index (Phi) is 15.4. The van der Waals surface area contributed by atoms with Crippen LogP contribution in [0.25, 0.3) is 0 Å². The average Bonchev–Trinajstić information content (AvgIpc) is 2.86. The zero-order chi connectivity index (χ0) is 27.8. The Morgan fingerprint density at radius 2 is 1.13 bits per heavy atom. The SMILES string of the molecule is C.C.COC(OC)c1ccc(Cl)cc1C(F)(F)F.COC(OC)c1ccc(N2CCOCC2)cc1C(F)(F)F. The zero-order valence-corrected chi connectivity index (χ0v) is 21.3. The Balaban J connectivity index is 0.000000729. The van der Waals surface area contributed by atoms with Crippen molar-refractivity contribution in [1.82, 2.24) is 0 Å². The number of benzene rings is 2. The first-order valence-electron chi connectivity index (χ1n) is 10.9. The molecule has 1 saturated heterocycles. The van der Waals surface area contributed by atoms with Gasteiger partial charge in [-0.05, 0) is 24.3 Å². The molecule has 3 rings (SSSR count). The zero-order valence-electron chi connectivity index (χ0n) is 20.6. The molecular weight excluding hydrogens is 556 g/mol. The number of methoxy groups -OCH3 is 4. The van der Waals surface area contributed by atoms with Gasteiger partial charge in [0.1, 0.15) is 0 Å². The molecule has 13 heteroatoms. The fraction of sp³-hybridized carbons (Fsp3) is 0.538. The molecule has 1 fully saturated rings. The number of morpholine rings is 1. The summed E-state index contributed by atoms with van der Waals surface area (Å²) in [4.78, 5) is 1.87. The first kappa shape index (κ1) is 36.9. The van der Waals surface area contributed by atoms with Gasteiger partial charge in [0.25, 0.3) is 0 Å². The Morgan fingerprint density at radius 1 is 0.718 bits per heavy atom. The number of hydrogen-bond acceptors (Lipinski definition) is 6. The lowest BCUT2D eigenvalue weighted by Gasteiger charge is -2.30. The molecule has 39 heavy (non-hydrogen) atoms. The predicted octanol–water partition coefficient (Wildman–Crippen LogP) is 7.76. The molecule has 1 heterocycles. The summed E-state index contributed by atoms with van der Waals surface area (Å²) in [5.74, 6) is 0. The van der Waals surface area contributed by atoms with Crippen molar-refractivity contribution in [2.45, 2.75) is 39.8 Å². The van der Waals surface area contributed by atoms with Crippen molar-refractivity contribution in [2.24, 2.45) is 0 Å². The normalized spacial score (nSPS) is 13.9. The van der Waals surface area contributed by atoms with Crippen molar-refractivity contribution in [3.63, 3.8) is 0 Å². The molecule has 1 aliphatic rings. The summed E-state index contributed by atoms with van der Waals surface area (Å²) in [6.07, 6.45) is -11.1. The van der Waals surface area contributed by atoms with Crippen molar-refractivity contribution < 1.29 is 50.0 Å². The summed E-state index contributed by atoms with van der Waals surface area (Å²) in [5, 5.41) is 0.0158. The Morgan fingerprint density at radius 3 is 1.54 bits per heavy atom. The van der Waals surface area contributed by atoms with Gasteiger partial charge in [-0.15, -0.1) is 0 Å². The molecule has 0 atom stereocenters. The Labute approximate surface area is 230 Å². The number of nitrogens with zero attached hydrogens (tertiary/aromatic N) is 1. The van der Waals surface area contributed by atoms with E-state index in [1.54, 1.807) is 6.07 Å². The van der Waals surface area contributed by atoms with Gasteiger partial charge in [-0.25, -0.2) is 0 Å². The van der Waals surface area contributed by atoms with Crippen LogP contribution in [0.1, 0.15) is 49.7 Å². The van der Waals surface area contributed by atoms with Crippen LogP contribution in [0.15, 0.2) is 36.4 Å². The van der Waals surface area contributed by atoms with Crippen LogP contribution in [-0.2, 0) is 36.0 Å². The van der Waals surface area contributed by atoms with Crippen LogP contribution >= 0.6 is 11.6 Å². The molecule has 224 valence electrons. The largest absolute Gasteiger partial charge is 0.416 e. The van der Waals surface area contributed by atoms with Gasteiger partial charge in [0, 0.05) is 63.4 Å². The lowest BCUT2D eigenvalue weighted by molar-refractivity contribution is -0.148. The third-order valence-corrected chi connectivity index (χ3v) is 5.64. The standard InChI is InChI=1S/C14H18F3NO3.C10H10ClF3O2.2CH4/c1-19-13(20-2)11-4-3-10(9-12(11)14(15,16)17)18-5-7-21-8-6-18;1-15-9(16-2)7-4-3-6(11)5-8(7)10(12,13)14;;/h3-4,9,13H,5-8H2,1-2H3;3-5,9H,1-2H3;2*1H4. The third-order valence-electron chi connectivity index (χ3n) is 5.40. The van der Waals surface area contributed by atoms with Crippen LogP contribution < -0.4 is 4.90 Å². The maximum atomic E-state index is 13.3. The van der Waals surface area contributed by atoms with Crippen molar-refractivity contribution in [3.05, 3.63) is 63.7 Å². The molecule has 0 radical (unpaired) electrons. The van der Waals surface area contributed by atoms with Crippen LogP contribution in [0.2, 0.25) is 5.02 Å². The number of anilines is 1. The highest BCUT2D eigenvalue weighted by Crippen LogP contribution is 2.39. The second-order valence-electron chi connectivity index (χ2n) is 7.70. The third kappa shape index (κ3) is 10.1. The van der Waals surface area contributed by atoms with E-state index in [9.17, 15) is 26.3 Å². The van der Waals surface area contributed by atoms with Gasteiger partial charge in [0.2, 0.25) is 0 Å². The van der Waals surface area contributed by atoms with Crippen LogP contribution in [-0.4, -0.2) is 54.7 Å². The summed E-state index contributed by atoms with van der Waals surface area (Å²) in [7, 11) is 5.15. The summed E-state index contributed by atoms with van der Waals surface area (Å²) in [6.45, 7) is 2.19. The fourth-order valence-corrected chi connectivity index (χ4v) is 3.87. The summed E-state index contributed by atoms with van der Waals surface area (Å²) >= 11 is 5.53. The van der Waals surface area contributed by atoms with E-state index < -0.39 is 36.1 Å². The minimum absolute atomic E-state index is 0. The molecule has 0 aliphatic carbocycles. The highest BCUT2D eigenvalue weighted by Gasteiger charge is 2.37. The second kappa shape index (κ2) is 16.2. The van der Waals surface area contributed by atoms with E-state index in [0.29, 0.717) is 32.0 Å². The minimum atomic E-state index is -4.49. The molecule has 6 nitrogen and oxygen atoms in total. The van der Waals surface area contributed by atoms with Gasteiger partial charge in [0.15, 0.2) is 12.6 Å². The number of ether oxygens (including phenoxy) is 5. The molecule has 2 aromatic rings. The molecule has 2 aromatic carbocycles. The van der Waals surface area contributed by atoms with Gasteiger partial charge >= 0.3 is 12.4 Å². The van der Waals surface area contributed by atoms with Gasteiger partial charge in [-0.2, -0.15) is 26.3 Å². The molecular formula is C26H36ClF6NO5. The summed E-state index contributed by atoms with van der Waals surface area (Å²) in [5.41, 5.74) is -1.18. The molecule has 0 spiro atoms. The van der Waals surface area contributed by atoms with E-state index in [2.05, 4.69) is 0 Å². The van der Waals surface area contributed by atoms with Crippen molar-refractivity contribution >= 4 is 17.3 Å². The quantitative estimate of drug-likeness (QED) is 0.242. The van der Waals surface area contributed by atoms with E-state index in [4.69, 9.17) is 35.3 Å². The fourth-order valence-electron chi connectivity index (χ4n) is 3.69. The van der Waals surface area contributed by atoms with Crippen LogP contribution in [0, 0.1) is 0 Å². The second-order valence-corrected chi connectivity index (χ2v) is 8.14. The number of alkyl halides is 6. The molecule has 0 saturated carbocycles. The number of halogens is 7. The first-order valence-corrected chi connectivity index (χ1v) is 11.3. The molecule has 0 unspecified atom stereocenters. The monoisotopic (exact) mass is 591 g/mol. The van der Waals surface area contributed by atoms with E-state index >= 15 is 0 Å². The first-order chi connectivity index (χ1) is 17.4. The van der Waals surface area contributed by atoms with Gasteiger partial charge in [-0.3, -0.25) is 0 Å². The molecule has 0 N–H and O–H groups in total. The number of hydrogen-bond donors (Lipinski definition) is 0. The van der Waals surface area contributed by atoms with Crippen molar-refractivity contribution in [3.8, 4) is 0 Å². The summed E-state index contributed by atoms with van der Waals surface area (Å²) < 4.78 is 103. The van der Waals surface area contributed by atoms with Crippen molar-refractivity contribution in [1.29, 1.82) is 0 Å². The average molecular weight is 592 g/mol. The highest BCUT2D eigenvalue weighted by atomic mass is 35.5. The van der Waals surface area contributed by atoms with Crippen LogP contribution in [0.4, 0.5) is 32.0 Å². The van der Waals surface area contributed by atoms with Gasteiger partial charge in [0.05, 0.1) is 24.3 Å².